The first-order valence-electron chi connectivity index (χ1n) is 8.16. The number of esters is 1. The predicted molar refractivity (Wildman–Crippen MR) is 84.7 cm³/mol. The molecule has 0 unspecified atom stereocenters. The van der Waals surface area contributed by atoms with E-state index in [0.29, 0.717) is 0 Å². The molecule has 0 aromatic heterocycles. The molecule has 1 saturated heterocycles. The quantitative estimate of drug-likeness (QED) is 0.570. The van der Waals surface area contributed by atoms with Crippen molar-refractivity contribution in [3.63, 3.8) is 0 Å². The molecule has 23 heavy (non-hydrogen) atoms. The Labute approximate surface area is 136 Å². The first-order valence-corrected chi connectivity index (χ1v) is 8.16. The standard InChI is InChI=1S/C18H24O5/c1-3-21-18(20)15(19)12-16(14-9-5-4-6-10-14)23-17-11-7-8-13(2)22-17/h4-6,9-10,13,16-17H,3,7-8,11-12H2,1-2H3/t13-,16-,17+/m0/s1. The van der Waals surface area contributed by atoms with Crippen molar-refractivity contribution in [2.75, 3.05) is 6.61 Å². The van der Waals surface area contributed by atoms with Crippen molar-refractivity contribution in [1.29, 1.82) is 0 Å². The van der Waals surface area contributed by atoms with Crippen LogP contribution in [0.1, 0.15) is 51.2 Å². The van der Waals surface area contributed by atoms with Crippen molar-refractivity contribution >= 4 is 11.8 Å². The fourth-order valence-electron chi connectivity index (χ4n) is 2.63. The van der Waals surface area contributed by atoms with Crippen molar-refractivity contribution in [2.45, 2.75) is 58.0 Å². The fraction of sp³-hybridized carbons (Fsp3) is 0.556. The van der Waals surface area contributed by atoms with Crippen molar-refractivity contribution < 1.29 is 23.8 Å². The molecule has 1 aliphatic rings. The van der Waals surface area contributed by atoms with E-state index < -0.39 is 17.9 Å². The molecule has 1 aromatic carbocycles. The third-order valence-electron chi connectivity index (χ3n) is 3.80. The molecule has 0 aliphatic carbocycles. The van der Waals surface area contributed by atoms with Gasteiger partial charge in [0.15, 0.2) is 6.29 Å². The van der Waals surface area contributed by atoms with Gasteiger partial charge in [0.1, 0.15) is 0 Å². The molecule has 1 fully saturated rings. The van der Waals surface area contributed by atoms with Crippen LogP contribution >= 0.6 is 0 Å². The van der Waals surface area contributed by atoms with Gasteiger partial charge in [0, 0.05) is 6.42 Å². The lowest BCUT2D eigenvalue weighted by Gasteiger charge is -2.31. The van der Waals surface area contributed by atoms with Crippen LogP contribution in [0.15, 0.2) is 30.3 Å². The molecule has 5 heteroatoms. The SMILES string of the molecule is CCOC(=O)C(=O)C[C@H](O[C@@H]1CCC[C@H](C)O1)c1ccccc1. The minimum atomic E-state index is -0.810. The number of hydrogen-bond acceptors (Lipinski definition) is 5. The Morgan fingerprint density at radius 2 is 2.00 bits per heavy atom. The van der Waals surface area contributed by atoms with E-state index in [0.717, 1.165) is 24.8 Å². The maximum Gasteiger partial charge on any atom is 0.374 e. The summed E-state index contributed by atoms with van der Waals surface area (Å²) in [4.78, 5) is 23.6. The van der Waals surface area contributed by atoms with Crippen LogP contribution < -0.4 is 0 Å². The van der Waals surface area contributed by atoms with Gasteiger partial charge < -0.3 is 14.2 Å². The lowest BCUT2D eigenvalue weighted by Crippen LogP contribution is -2.30. The van der Waals surface area contributed by atoms with E-state index in [1.54, 1.807) is 6.92 Å². The van der Waals surface area contributed by atoms with Gasteiger partial charge in [0.25, 0.3) is 0 Å². The summed E-state index contributed by atoms with van der Waals surface area (Å²) in [5, 5.41) is 0. The topological polar surface area (TPSA) is 61.8 Å². The normalized spacial score (nSPS) is 22.3. The van der Waals surface area contributed by atoms with Gasteiger partial charge in [-0.2, -0.15) is 0 Å². The van der Waals surface area contributed by atoms with Crippen LogP contribution in [0.2, 0.25) is 0 Å². The molecule has 2 rings (SSSR count). The molecule has 3 atom stereocenters. The third kappa shape index (κ3) is 5.44. The van der Waals surface area contributed by atoms with E-state index >= 15 is 0 Å². The maximum atomic E-state index is 12.0. The summed E-state index contributed by atoms with van der Waals surface area (Å²) in [6.45, 7) is 3.87. The van der Waals surface area contributed by atoms with Gasteiger partial charge in [-0.3, -0.25) is 4.79 Å². The highest BCUT2D eigenvalue weighted by molar-refractivity contribution is 6.33. The molecule has 1 aromatic rings. The molecular formula is C18H24O5. The minimum absolute atomic E-state index is 0.0446. The predicted octanol–water partition coefficient (Wildman–Crippen LogP) is 3.18. The number of Topliss-reactive ketones (excluding diaryl/α,β-unsaturated/α-hetero) is 1. The number of carbonyl (C=O) groups is 2. The summed E-state index contributed by atoms with van der Waals surface area (Å²) in [6, 6.07) is 9.42. The summed E-state index contributed by atoms with van der Waals surface area (Å²) in [5.41, 5.74) is 0.854. The zero-order valence-corrected chi connectivity index (χ0v) is 13.7. The summed E-state index contributed by atoms with van der Waals surface area (Å²) in [7, 11) is 0. The van der Waals surface area contributed by atoms with E-state index in [2.05, 4.69) is 0 Å². The molecule has 0 spiro atoms. The largest absolute Gasteiger partial charge is 0.460 e. The molecule has 1 aliphatic heterocycles. The zero-order chi connectivity index (χ0) is 16.7. The number of hydrogen-bond donors (Lipinski definition) is 0. The average molecular weight is 320 g/mol. The lowest BCUT2D eigenvalue weighted by atomic mass is 10.0. The second-order valence-electron chi connectivity index (χ2n) is 5.69. The molecule has 0 N–H and O–H groups in total. The first-order chi connectivity index (χ1) is 11.1. The maximum absolute atomic E-state index is 12.0. The van der Waals surface area contributed by atoms with Crippen molar-refractivity contribution in [2.24, 2.45) is 0 Å². The number of ketones is 1. The van der Waals surface area contributed by atoms with Crippen LogP contribution in [0.4, 0.5) is 0 Å². The van der Waals surface area contributed by atoms with Gasteiger partial charge in [-0.05, 0) is 38.7 Å². The Bertz CT molecular complexity index is 513. The van der Waals surface area contributed by atoms with Gasteiger partial charge in [-0.25, -0.2) is 4.79 Å². The second-order valence-corrected chi connectivity index (χ2v) is 5.69. The molecular weight excluding hydrogens is 296 g/mol. The van der Waals surface area contributed by atoms with Crippen LogP contribution in [0.25, 0.3) is 0 Å². The molecule has 0 saturated carbocycles. The van der Waals surface area contributed by atoms with Gasteiger partial charge in [0.2, 0.25) is 5.78 Å². The molecule has 0 bridgehead atoms. The molecule has 5 nitrogen and oxygen atoms in total. The van der Waals surface area contributed by atoms with E-state index in [4.69, 9.17) is 14.2 Å². The highest BCUT2D eigenvalue weighted by Gasteiger charge is 2.28. The van der Waals surface area contributed by atoms with Gasteiger partial charge in [0.05, 0.1) is 18.8 Å². The van der Waals surface area contributed by atoms with Crippen LogP contribution in [-0.4, -0.2) is 30.8 Å². The van der Waals surface area contributed by atoms with Gasteiger partial charge in [-0.15, -0.1) is 0 Å². The summed E-state index contributed by atoms with van der Waals surface area (Å²) in [6.07, 6.45) is 2.07. The molecule has 0 amide bonds. The Balaban J connectivity index is 2.06. The number of ether oxygens (including phenoxy) is 3. The van der Waals surface area contributed by atoms with Crippen molar-refractivity contribution in [3.8, 4) is 0 Å². The number of benzene rings is 1. The van der Waals surface area contributed by atoms with E-state index in [9.17, 15) is 9.59 Å². The zero-order valence-electron chi connectivity index (χ0n) is 13.7. The number of rotatable bonds is 7. The summed E-state index contributed by atoms with van der Waals surface area (Å²) >= 11 is 0. The average Bonchev–Trinajstić information content (AvgIpc) is 2.55. The third-order valence-corrected chi connectivity index (χ3v) is 3.80. The van der Waals surface area contributed by atoms with Crippen LogP contribution in [-0.2, 0) is 23.8 Å². The van der Waals surface area contributed by atoms with Crippen LogP contribution in [0.5, 0.6) is 0 Å². The van der Waals surface area contributed by atoms with Crippen molar-refractivity contribution in [3.05, 3.63) is 35.9 Å². The van der Waals surface area contributed by atoms with Crippen LogP contribution in [0, 0.1) is 0 Å². The Morgan fingerprint density at radius 3 is 2.65 bits per heavy atom. The van der Waals surface area contributed by atoms with E-state index in [1.165, 1.54) is 0 Å². The molecule has 0 radical (unpaired) electrons. The van der Waals surface area contributed by atoms with Gasteiger partial charge in [-0.1, -0.05) is 30.3 Å². The monoisotopic (exact) mass is 320 g/mol. The second kappa shape index (κ2) is 8.79. The Kier molecular flexibility index (Phi) is 6.74. The highest BCUT2D eigenvalue weighted by atomic mass is 16.7. The van der Waals surface area contributed by atoms with Crippen LogP contribution in [0.3, 0.4) is 0 Å². The smallest absolute Gasteiger partial charge is 0.374 e. The summed E-state index contributed by atoms with van der Waals surface area (Å²) in [5.74, 6) is -1.39. The fourth-order valence-corrected chi connectivity index (χ4v) is 2.63. The first kappa shape index (κ1) is 17.6. The van der Waals surface area contributed by atoms with E-state index in [1.807, 2.05) is 37.3 Å². The highest BCUT2D eigenvalue weighted by Crippen LogP contribution is 2.28. The van der Waals surface area contributed by atoms with Gasteiger partial charge >= 0.3 is 5.97 Å². The minimum Gasteiger partial charge on any atom is -0.460 e. The Morgan fingerprint density at radius 1 is 1.26 bits per heavy atom. The molecule has 126 valence electrons. The molecule has 1 heterocycles. The van der Waals surface area contributed by atoms with Crippen molar-refractivity contribution in [1.82, 2.24) is 0 Å². The Hall–Kier alpha value is -1.72. The number of carbonyl (C=O) groups excluding carboxylic acids is 2. The lowest BCUT2D eigenvalue weighted by molar-refractivity contribution is -0.213. The summed E-state index contributed by atoms with van der Waals surface area (Å²) < 4.78 is 16.5. The van der Waals surface area contributed by atoms with E-state index in [-0.39, 0.29) is 25.4 Å².